The molecule has 0 aliphatic heterocycles. The minimum Gasteiger partial charge on any atom is -0.261 e. The van der Waals surface area contributed by atoms with Crippen LogP contribution < -0.4 is 4.72 Å². The number of anilines is 1. The van der Waals surface area contributed by atoms with Crippen LogP contribution in [0.2, 0.25) is 9.36 Å². The van der Waals surface area contributed by atoms with Crippen molar-refractivity contribution in [1.29, 1.82) is 0 Å². The molecule has 0 amide bonds. The molecular formula is C10H8Cl2N2O2S2. The molecule has 0 aliphatic carbocycles. The summed E-state index contributed by atoms with van der Waals surface area (Å²) in [4.78, 5) is 3.87. The number of nitrogens with zero attached hydrogens (tertiary/aromatic N) is 1. The Kier molecular flexibility index (Phi) is 3.82. The zero-order valence-electron chi connectivity index (χ0n) is 9.15. The quantitative estimate of drug-likeness (QED) is 0.939. The van der Waals surface area contributed by atoms with Crippen LogP contribution in [0.3, 0.4) is 0 Å². The second kappa shape index (κ2) is 5.05. The molecule has 0 radical (unpaired) electrons. The van der Waals surface area contributed by atoms with Gasteiger partial charge in [-0.1, -0.05) is 23.2 Å². The summed E-state index contributed by atoms with van der Waals surface area (Å²) in [6, 6.07) is 4.68. The lowest BCUT2D eigenvalue weighted by molar-refractivity contribution is 0.603. The molecule has 2 aromatic heterocycles. The molecule has 96 valence electrons. The molecule has 2 aromatic rings. The number of hydrogen-bond acceptors (Lipinski definition) is 4. The Bertz CT molecular complexity index is 663. The van der Waals surface area contributed by atoms with E-state index in [1.54, 1.807) is 19.1 Å². The number of sulfonamides is 1. The Balaban J connectivity index is 2.36. The maximum absolute atomic E-state index is 12.1. The third-order valence-corrected chi connectivity index (χ3v) is 5.76. The zero-order valence-corrected chi connectivity index (χ0v) is 12.3. The lowest BCUT2D eigenvalue weighted by Gasteiger charge is -2.06. The zero-order chi connectivity index (χ0) is 13.3. The third-order valence-electron chi connectivity index (χ3n) is 2.09. The van der Waals surface area contributed by atoms with Crippen molar-refractivity contribution in [3.05, 3.63) is 39.3 Å². The SMILES string of the molecule is Cc1cc(S(=O)(=O)Nc2ncccc2Cl)sc1Cl. The van der Waals surface area contributed by atoms with Gasteiger partial charge in [0, 0.05) is 6.20 Å². The van der Waals surface area contributed by atoms with Gasteiger partial charge in [0.1, 0.15) is 4.21 Å². The van der Waals surface area contributed by atoms with Gasteiger partial charge in [-0.15, -0.1) is 11.3 Å². The summed E-state index contributed by atoms with van der Waals surface area (Å²) < 4.78 is 27.0. The van der Waals surface area contributed by atoms with Crippen LogP contribution in [-0.2, 0) is 10.0 Å². The van der Waals surface area contributed by atoms with E-state index in [0.717, 1.165) is 11.3 Å². The minimum atomic E-state index is -3.70. The summed E-state index contributed by atoms with van der Waals surface area (Å²) in [6.07, 6.45) is 1.45. The van der Waals surface area contributed by atoms with Gasteiger partial charge in [0.15, 0.2) is 5.82 Å². The molecular weight excluding hydrogens is 315 g/mol. The summed E-state index contributed by atoms with van der Waals surface area (Å²) in [6.45, 7) is 1.74. The topological polar surface area (TPSA) is 59.1 Å². The Morgan fingerprint density at radius 1 is 1.39 bits per heavy atom. The van der Waals surface area contributed by atoms with Gasteiger partial charge in [-0.3, -0.25) is 4.72 Å². The first-order valence-corrected chi connectivity index (χ1v) is 7.85. The number of rotatable bonds is 3. The van der Waals surface area contributed by atoms with Crippen molar-refractivity contribution in [2.75, 3.05) is 4.72 Å². The molecule has 2 heterocycles. The highest BCUT2D eigenvalue weighted by atomic mass is 35.5. The highest BCUT2D eigenvalue weighted by molar-refractivity contribution is 7.94. The number of nitrogens with one attached hydrogen (secondary N) is 1. The fourth-order valence-electron chi connectivity index (χ4n) is 1.20. The second-order valence-corrected chi connectivity index (χ2v) is 7.43. The van der Waals surface area contributed by atoms with E-state index < -0.39 is 10.0 Å². The van der Waals surface area contributed by atoms with E-state index in [4.69, 9.17) is 23.2 Å². The summed E-state index contributed by atoms with van der Waals surface area (Å²) in [7, 11) is -3.70. The van der Waals surface area contributed by atoms with Gasteiger partial charge in [-0.05, 0) is 30.7 Å². The number of halogens is 2. The van der Waals surface area contributed by atoms with Gasteiger partial charge >= 0.3 is 0 Å². The van der Waals surface area contributed by atoms with Crippen LogP contribution in [0, 0.1) is 6.92 Å². The molecule has 1 N–H and O–H groups in total. The van der Waals surface area contributed by atoms with Crippen LogP contribution in [0.1, 0.15) is 5.56 Å². The first kappa shape index (κ1) is 13.6. The maximum Gasteiger partial charge on any atom is 0.272 e. The highest BCUT2D eigenvalue weighted by Crippen LogP contribution is 2.31. The van der Waals surface area contributed by atoms with Crippen molar-refractivity contribution >= 4 is 50.4 Å². The molecule has 0 bridgehead atoms. The lowest BCUT2D eigenvalue weighted by atomic mass is 10.4. The highest BCUT2D eigenvalue weighted by Gasteiger charge is 2.20. The molecule has 0 saturated carbocycles. The minimum absolute atomic E-state index is 0.0985. The standard InChI is InChI=1S/C10H8Cl2N2O2S2/c1-6-5-8(17-9(6)12)18(15,16)14-10-7(11)3-2-4-13-10/h2-5H,1H3,(H,13,14). The Labute approximate surface area is 119 Å². The van der Waals surface area contributed by atoms with E-state index in [1.165, 1.54) is 12.3 Å². The summed E-state index contributed by atoms with van der Waals surface area (Å²) in [5.74, 6) is 0.0985. The summed E-state index contributed by atoms with van der Waals surface area (Å²) in [5.41, 5.74) is 0.717. The Morgan fingerprint density at radius 3 is 2.67 bits per heavy atom. The largest absolute Gasteiger partial charge is 0.272 e. The fraction of sp³-hybridized carbons (Fsp3) is 0.100. The number of hydrogen-bond donors (Lipinski definition) is 1. The van der Waals surface area contributed by atoms with Gasteiger partial charge in [0.05, 0.1) is 9.36 Å². The van der Waals surface area contributed by atoms with Gasteiger partial charge in [0.25, 0.3) is 10.0 Å². The molecule has 2 rings (SSSR count). The van der Waals surface area contributed by atoms with E-state index in [1.807, 2.05) is 0 Å². The second-order valence-electron chi connectivity index (χ2n) is 3.46. The van der Waals surface area contributed by atoms with Crippen molar-refractivity contribution in [3.8, 4) is 0 Å². The average molecular weight is 323 g/mol. The smallest absolute Gasteiger partial charge is 0.261 e. The van der Waals surface area contributed by atoms with Crippen LogP contribution in [0.15, 0.2) is 28.6 Å². The van der Waals surface area contributed by atoms with Gasteiger partial charge in [-0.2, -0.15) is 0 Å². The maximum atomic E-state index is 12.1. The van der Waals surface area contributed by atoms with E-state index in [9.17, 15) is 8.42 Å². The van der Waals surface area contributed by atoms with E-state index >= 15 is 0 Å². The average Bonchev–Trinajstić information content (AvgIpc) is 2.63. The van der Waals surface area contributed by atoms with Crippen LogP contribution in [-0.4, -0.2) is 13.4 Å². The van der Waals surface area contributed by atoms with Crippen molar-refractivity contribution in [1.82, 2.24) is 4.98 Å². The van der Waals surface area contributed by atoms with Crippen molar-refractivity contribution < 1.29 is 8.42 Å². The van der Waals surface area contributed by atoms with Crippen LogP contribution in [0.5, 0.6) is 0 Å². The summed E-state index contributed by atoms with van der Waals surface area (Å²) >= 11 is 12.7. The molecule has 8 heteroatoms. The lowest BCUT2D eigenvalue weighted by Crippen LogP contribution is -2.12. The molecule has 0 unspecified atom stereocenters. The summed E-state index contributed by atoms with van der Waals surface area (Å²) in [5, 5.41) is 0.237. The molecule has 0 atom stereocenters. The van der Waals surface area contributed by atoms with Crippen LogP contribution >= 0.6 is 34.5 Å². The van der Waals surface area contributed by atoms with Gasteiger partial charge in [-0.25, -0.2) is 13.4 Å². The number of thiophene rings is 1. The molecule has 0 aliphatic rings. The number of aromatic nitrogens is 1. The van der Waals surface area contributed by atoms with Crippen LogP contribution in [0.4, 0.5) is 5.82 Å². The van der Waals surface area contributed by atoms with E-state index in [-0.39, 0.29) is 15.0 Å². The first-order chi connectivity index (χ1) is 8.40. The monoisotopic (exact) mass is 322 g/mol. The Hall–Kier alpha value is -0.820. The normalized spacial score (nSPS) is 11.5. The van der Waals surface area contributed by atoms with E-state index in [2.05, 4.69) is 9.71 Å². The number of pyridine rings is 1. The molecule has 18 heavy (non-hydrogen) atoms. The third kappa shape index (κ3) is 2.77. The molecule has 0 saturated heterocycles. The Morgan fingerprint density at radius 2 is 2.11 bits per heavy atom. The molecule has 0 fully saturated rings. The predicted molar refractivity (Wildman–Crippen MR) is 74.1 cm³/mol. The molecule has 4 nitrogen and oxygen atoms in total. The van der Waals surface area contributed by atoms with Gasteiger partial charge in [0.2, 0.25) is 0 Å². The van der Waals surface area contributed by atoms with Gasteiger partial charge < -0.3 is 0 Å². The molecule has 0 spiro atoms. The van der Waals surface area contributed by atoms with Crippen molar-refractivity contribution in [2.24, 2.45) is 0 Å². The van der Waals surface area contributed by atoms with E-state index in [0.29, 0.717) is 9.90 Å². The predicted octanol–water partition coefficient (Wildman–Crippen LogP) is 3.56. The first-order valence-electron chi connectivity index (χ1n) is 4.79. The number of aryl methyl sites for hydroxylation is 1. The van der Waals surface area contributed by atoms with Crippen LogP contribution in [0.25, 0.3) is 0 Å². The van der Waals surface area contributed by atoms with Crippen molar-refractivity contribution in [3.63, 3.8) is 0 Å². The fourth-order valence-corrected chi connectivity index (χ4v) is 4.16. The van der Waals surface area contributed by atoms with Crippen molar-refractivity contribution in [2.45, 2.75) is 11.1 Å². The molecule has 0 aromatic carbocycles.